The van der Waals surface area contributed by atoms with Gasteiger partial charge in [0.15, 0.2) is 0 Å². The van der Waals surface area contributed by atoms with Crippen LogP contribution in [-0.2, 0) is 4.79 Å². The maximum absolute atomic E-state index is 10.3. The van der Waals surface area contributed by atoms with Crippen LogP contribution in [0, 0.1) is 5.92 Å². The Kier molecular flexibility index (Phi) is 6.47. The molecular formula is C12H24N2O3. The first-order valence-electron chi connectivity index (χ1n) is 6.37. The Balaban J connectivity index is 2.01. The van der Waals surface area contributed by atoms with Gasteiger partial charge in [0.1, 0.15) is 0 Å². The molecule has 0 aromatic rings. The molecule has 0 aromatic heterocycles. The van der Waals surface area contributed by atoms with E-state index in [1.807, 2.05) is 0 Å². The molecule has 2 atom stereocenters. The number of likely N-dealkylation sites (tertiary alicyclic amines) is 1. The van der Waals surface area contributed by atoms with Crippen LogP contribution in [0.3, 0.4) is 0 Å². The first kappa shape index (κ1) is 14.4. The summed E-state index contributed by atoms with van der Waals surface area (Å²) in [5, 5.41) is 20.9. The van der Waals surface area contributed by atoms with Gasteiger partial charge in [0.2, 0.25) is 0 Å². The number of carbonyl (C=O) groups is 1. The van der Waals surface area contributed by atoms with Crippen LogP contribution in [0.1, 0.15) is 25.7 Å². The highest BCUT2D eigenvalue weighted by Crippen LogP contribution is 2.17. The largest absolute Gasteiger partial charge is 0.481 e. The van der Waals surface area contributed by atoms with Crippen molar-refractivity contribution < 1.29 is 15.0 Å². The summed E-state index contributed by atoms with van der Waals surface area (Å²) in [5.74, 6) is -0.217. The van der Waals surface area contributed by atoms with E-state index in [0.29, 0.717) is 6.54 Å². The minimum absolute atomic E-state index is 0.181. The van der Waals surface area contributed by atoms with Crippen LogP contribution in [0.5, 0.6) is 0 Å². The minimum Gasteiger partial charge on any atom is -0.481 e. The number of hydrogen-bond donors (Lipinski definition) is 3. The normalized spacial score (nSPS) is 23.5. The summed E-state index contributed by atoms with van der Waals surface area (Å²) < 4.78 is 0. The molecule has 3 N–H and O–H groups in total. The van der Waals surface area contributed by atoms with Crippen LogP contribution in [0.2, 0.25) is 0 Å². The monoisotopic (exact) mass is 244 g/mol. The van der Waals surface area contributed by atoms with E-state index in [9.17, 15) is 9.90 Å². The lowest BCUT2D eigenvalue weighted by atomic mass is 9.95. The highest BCUT2D eigenvalue weighted by atomic mass is 16.4. The van der Waals surface area contributed by atoms with Gasteiger partial charge in [-0.05, 0) is 45.3 Å². The van der Waals surface area contributed by atoms with Gasteiger partial charge in [-0.1, -0.05) is 0 Å². The number of rotatable bonds is 7. The number of hydrogen-bond acceptors (Lipinski definition) is 4. The molecular weight excluding hydrogens is 220 g/mol. The number of aliphatic hydroxyl groups is 1. The topological polar surface area (TPSA) is 72.8 Å². The average Bonchev–Trinajstić information content (AvgIpc) is 2.23. The van der Waals surface area contributed by atoms with E-state index in [-0.39, 0.29) is 6.42 Å². The Bertz CT molecular complexity index is 236. The van der Waals surface area contributed by atoms with Gasteiger partial charge in [0.05, 0.1) is 12.5 Å². The van der Waals surface area contributed by atoms with E-state index in [4.69, 9.17) is 5.11 Å². The van der Waals surface area contributed by atoms with Gasteiger partial charge in [-0.25, -0.2) is 0 Å². The second-order valence-electron chi connectivity index (χ2n) is 5.01. The molecule has 17 heavy (non-hydrogen) atoms. The van der Waals surface area contributed by atoms with E-state index < -0.39 is 12.1 Å². The molecule has 0 aliphatic carbocycles. The van der Waals surface area contributed by atoms with Crippen molar-refractivity contribution in [3.8, 4) is 0 Å². The van der Waals surface area contributed by atoms with Crippen LogP contribution in [0.15, 0.2) is 0 Å². The maximum atomic E-state index is 10.3. The number of carboxylic acids is 1. The second-order valence-corrected chi connectivity index (χ2v) is 5.01. The van der Waals surface area contributed by atoms with E-state index >= 15 is 0 Å². The fourth-order valence-electron chi connectivity index (χ4n) is 2.36. The van der Waals surface area contributed by atoms with Crippen molar-refractivity contribution in [1.29, 1.82) is 0 Å². The van der Waals surface area contributed by atoms with E-state index in [1.54, 1.807) is 0 Å². The van der Waals surface area contributed by atoms with Gasteiger partial charge in [-0.2, -0.15) is 0 Å². The molecule has 2 unspecified atom stereocenters. The lowest BCUT2D eigenvalue weighted by molar-refractivity contribution is -0.139. The zero-order chi connectivity index (χ0) is 12.7. The lowest BCUT2D eigenvalue weighted by Gasteiger charge is -2.29. The first-order chi connectivity index (χ1) is 8.08. The number of nitrogens with zero attached hydrogens (tertiary/aromatic N) is 1. The van der Waals surface area contributed by atoms with Crippen LogP contribution >= 0.6 is 0 Å². The van der Waals surface area contributed by atoms with Crippen molar-refractivity contribution in [2.75, 3.05) is 33.2 Å². The van der Waals surface area contributed by atoms with Crippen LogP contribution < -0.4 is 5.32 Å². The zero-order valence-corrected chi connectivity index (χ0v) is 10.6. The SMILES string of the molecule is CN1CCCC(CCNCC(O)CC(=O)O)C1. The molecule has 1 rings (SSSR count). The quantitative estimate of drug-likeness (QED) is 0.556. The summed E-state index contributed by atoms with van der Waals surface area (Å²) in [4.78, 5) is 12.7. The summed E-state index contributed by atoms with van der Waals surface area (Å²) in [5.41, 5.74) is 0. The Morgan fingerprint density at radius 1 is 1.59 bits per heavy atom. The molecule has 5 nitrogen and oxygen atoms in total. The summed E-state index contributed by atoms with van der Waals surface area (Å²) in [6, 6.07) is 0. The Morgan fingerprint density at radius 2 is 2.35 bits per heavy atom. The minimum atomic E-state index is -0.951. The summed E-state index contributed by atoms with van der Waals surface area (Å²) in [6.45, 7) is 3.57. The molecule has 0 radical (unpaired) electrons. The lowest BCUT2D eigenvalue weighted by Crippen LogP contribution is -2.35. The van der Waals surface area contributed by atoms with Crippen LogP contribution in [-0.4, -0.2) is 60.4 Å². The molecule has 100 valence electrons. The fraction of sp³-hybridized carbons (Fsp3) is 0.917. The molecule has 1 fully saturated rings. The Morgan fingerprint density at radius 3 is 3.00 bits per heavy atom. The van der Waals surface area contributed by atoms with Gasteiger partial charge in [0.25, 0.3) is 0 Å². The maximum Gasteiger partial charge on any atom is 0.306 e. The molecule has 1 heterocycles. The molecule has 0 bridgehead atoms. The molecule has 0 saturated carbocycles. The Labute approximate surface area is 103 Å². The summed E-state index contributed by atoms with van der Waals surface area (Å²) in [6.07, 6.45) is 2.69. The van der Waals surface area contributed by atoms with Crippen LogP contribution in [0.4, 0.5) is 0 Å². The van der Waals surface area contributed by atoms with Crippen molar-refractivity contribution in [1.82, 2.24) is 10.2 Å². The second kappa shape index (κ2) is 7.63. The highest BCUT2D eigenvalue weighted by Gasteiger charge is 2.16. The standard InChI is InChI=1S/C12H24N2O3/c1-14-6-2-3-10(9-14)4-5-13-8-11(15)7-12(16)17/h10-11,13,15H,2-9H2,1H3,(H,16,17). The molecule has 1 aliphatic heterocycles. The van der Waals surface area contributed by atoms with Gasteiger partial charge < -0.3 is 20.4 Å². The van der Waals surface area contributed by atoms with Gasteiger partial charge in [-0.15, -0.1) is 0 Å². The third-order valence-corrected chi connectivity index (χ3v) is 3.24. The number of aliphatic carboxylic acids is 1. The third kappa shape index (κ3) is 6.61. The number of aliphatic hydroxyl groups excluding tert-OH is 1. The summed E-state index contributed by atoms with van der Waals surface area (Å²) >= 11 is 0. The molecule has 0 amide bonds. The fourth-order valence-corrected chi connectivity index (χ4v) is 2.36. The van der Waals surface area contributed by atoms with Crippen molar-refractivity contribution in [2.24, 2.45) is 5.92 Å². The van der Waals surface area contributed by atoms with Crippen molar-refractivity contribution in [2.45, 2.75) is 31.8 Å². The van der Waals surface area contributed by atoms with E-state index in [0.717, 1.165) is 25.4 Å². The number of nitrogens with one attached hydrogen (secondary N) is 1. The molecule has 1 saturated heterocycles. The van der Waals surface area contributed by atoms with Gasteiger partial charge >= 0.3 is 5.97 Å². The molecule has 1 aliphatic rings. The van der Waals surface area contributed by atoms with Crippen molar-refractivity contribution >= 4 is 5.97 Å². The smallest absolute Gasteiger partial charge is 0.306 e. The van der Waals surface area contributed by atoms with E-state index in [1.165, 1.54) is 19.4 Å². The van der Waals surface area contributed by atoms with E-state index in [2.05, 4.69) is 17.3 Å². The highest BCUT2D eigenvalue weighted by molar-refractivity contribution is 5.67. The molecule has 0 aromatic carbocycles. The number of piperidine rings is 1. The Hall–Kier alpha value is -0.650. The van der Waals surface area contributed by atoms with Crippen LogP contribution in [0.25, 0.3) is 0 Å². The van der Waals surface area contributed by atoms with Crippen molar-refractivity contribution in [3.63, 3.8) is 0 Å². The first-order valence-corrected chi connectivity index (χ1v) is 6.37. The third-order valence-electron chi connectivity index (χ3n) is 3.24. The predicted molar refractivity (Wildman–Crippen MR) is 66.0 cm³/mol. The average molecular weight is 244 g/mol. The molecule has 5 heteroatoms. The van der Waals surface area contributed by atoms with Gasteiger partial charge in [0, 0.05) is 13.1 Å². The van der Waals surface area contributed by atoms with Crippen molar-refractivity contribution in [3.05, 3.63) is 0 Å². The molecule has 0 spiro atoms. The zero-order valence-electron chi connectivity index (χ0n) is 10.6. The summed E-state index contributed by atoms with van der Waals surface area (Å²) in [7, 11) is 2.15. The number of carboxylic acid groups (broad SMARTS) is 1. The van der Waals surface area contributed by atoms with Gasteiger partial charge in [-0.3, -0.25) is 4.79 Å². The predicted octanol–water partition coefficient (Wildman–Crippen LogP) is 0.143.